The van der Waals surface area contributed by atoms with Crippen molar-refractivity contribution in [2.24, 2.45) is 5.10 Å². The molecule has 41 heavy (non-hydrogen) atoms. The molecule has 0 aromatic heterocycles. The second kappa shape index (κ2) is 10.1. The number of aliphatic hydroxyl groups is 1. The van der Waals surface area contributed by atoms with E-state index in [1.165, 1.54) is 36.4 Å². The smallest absolute Gasteiger partial charge is 0.421 e. The lowest BCUT2D eigenvalue weighted by atomic mass is 9.93. The Kier molecular flexibility index (Phi) is 6.75. The largest absolute Gasteiger partial charge is 0.505 e. The molecule has 1 heterocycles. The lowest BCUT2D eigenvalue weighted by molar-refractivity contribution is -0.258. The number of aromatic carboxylic acids is 1. The standard InChI is InChI=1S/C30H22F3N3O5/c1-29(41,30(31,32)33)20-11-8-16(9-12-20)17-10-13-22-24(15-17)34-27(38)25(22)36-35-23-7-3-6-21(26(23)37)18-4-2-5-19(14-18)28(39)40/h2-15,35,37,41H,1H3,(H,39,40)(H,34,36,38). The Hall–Kier alpha value is -5.16. The number of aromatic hydroxyl groups is 1. The number of hydrazone groups is 1. The summed E-state index contributed by atoms with van der Waals surface area (Å²) >= 11 is 0. The van der Waals surface area contributed by atoms with E-state index in [2.05, 4.69) is 15.8 Å². The van der Waals surface area contributed by atoms with E-state index in [1.807, 2.05) is 0 Å². The highest BCUT2D eigenvalue weighted by Crippen LogP contribution is 2.40. The number of carbonyl (C=O) groups is 2. The number of alkyl halides is 3. The third kappa shape index (κ3) is 5.10. The molecular weight excluding hydrogens is 539 g/mol. The number of carbonyl (C=O) groups excluding carboxylic acids is 1. The topological polar surface area (TPSA) is 131 Å². The molecule has 5 rings (SSSR count). The van der Waals surface area contributed by atoms with E-state index in [0.29, 0.717) is 40.4 Å². The van der Waals surface area contributed by atoms with Crippen molar-refractivity contribution < 1.29 is 38.1 Å². The number of carboxylic acids is 1. The average molecular weight is 562 g/mol. The van der Waals surface area contributed by atoms with Crippen LogP contribution in [0.2, 0.25) is 0 Å². The number of anilines is 2. The number of carboxylic acid groups (broad SMARTS) is 1. The quantitative estimate of drug-likeness (QED) is 0.146. The van der Waals surface area contributed by atoms with Gasteiger partial charge in [0.05, 0.1) is 16.9 Å². The van der Waals surface area contributed by atoms with Gasteiger partial charge in [-0.15, -0.1) is 0 Å². The molecule has 1 atom stereocenters. The molecular formula is C30H22F3N3O5. The van der Waals surface area contributed by atoms with Gasteiger partial charge in [0.25, 0.3) is 5.91 Å². The zero-order valence-electron chi connectivity index (χ0n) is 21.3. The number of fused-ring (bicyclic) bond motifs is 1. The Bertz CT molecular complexity index is 1710. The summed E-state index contributed by atoms with van der Waals surface area (Å²) in [4.78, 5) is 24.0. The number of phenols is 1. The molecule has 11 heteroatoms. The van der Waals surface area contributed by atoms with Crippen LogP contribution in [0.1, 0.15) is 28.4 Å². The van der Waals surface area contributed by atoms with Crippen molar-refractivity contribution in [3.63, 3.8) is 0 Å². The molecule has 1 aliphatic heterocycles. The Morgan fingerprint density at radius 2 is 1.56 bits per heavy atom. The van der Waals surface area contributed by atoms with Gasteiger partial charge in [-0.2, -0.15) is 18.3 Å². The van der Waals surface area contributed by atoms with Crippen molar-refractivity contribution in [3.05, 3.63) is 102 Å². The molecule has 8 nitrogen and oxygen atoms in total. The maximum Gasteiger partial charge on any atom is 0.421 e. The Balaban J connectivity index is 1.40. The molecule has 0 saturated heterocycles. The van der Waals surface area contributed by atoms with Gasteiger partial charge in [-0.1, -0.05) is 54.6 Å². The number of amides is 1. The van der Waals surface area contributed by atoms with Crippen molar-refractivity contribution >= 4 is 29.0 Å². The molecule has 4 aromatic carbocycles. The number of benzene rings is 4. The molecule has 0 bridgehead atoms. The van der Waals surface area contributed by atoms with E-state index in [0.717, 1.165) is 0 Å². The second-order valence-electron chi connectivity index (χ2n) is 9.52. The summed E-state index contributed by atoms with van der Waals surface area (Å²) in [5, 5.41) is 36.9. The molecule has 0 saturated carbocycles. The minimum Gasteiger partial charge on any atom is -0.505 e. The highest BCUT2D eigenvalue weighted by molar-refractivity contribution is 6.54. The maximum atomic E-state index is 13.2. The van der Waals surface area contributed by atoms with Crippen molar-refractivity contribution in [2.75, 3.05) is 10.7 Å². The van der Waals surface area contributed by atoms with E-state index >= 15 is 0 Å². The molecule has 0 fully saturated rings. The lowest BCUT2D eigenvalue weighted by Gasteiger charge is -2.26. The minimum atomic E-state index is -4.83. The summed E-state index contributed by atoms with van der Waals surface area (Å²) in [5.74, 6) is -1.81. The van der Waals surface area contributed by atoms with E-state index in [-0.39, 0.29) is 28.3 Å². The Morgan fingerprint density at radius 1 is 0.878 bits per heavy atom. The first-order valence-corrected chi connectivity index (χ1v) is 12.2. The van der Waals surface area contributed by atoms with Gasteiger partial charge in [-0.3, -0.25) is 10.2 Å². The van der Waals surface area contributed by atoms with Crippen LogP contribution in [0.15, 0.2) is 90.0 Å². The molecule has 208 valence electrons. The van der Waals surface area contributed by atoms with Gasteiger partial charge in [0.2, 0.25) is 0 Å². The summed E-state index contributed by atoms with van der Waals surface area (Å²) < 4.78 is 39.5. The molecule has 1 aliphatic rings. The Morgan fingerprint density at radius 3 is 2.24 bits per heavy atom. The summed E-state index contributed by atoms with van der Waals surface area (Å²) in [5.41, 5.74) is 2.61. The van der Waals surface area contributed by atoms with Crippen LogP contribution in [-0.2, 0) is 10.4 Å². The van der Waals surface area contributed by atoms with Crippen LogP contribution in [0.5, 0.6) is 5.75 Å². The van der Waals surface area contributed by atoms with Crippen LogP contribution in [-0.4, -0.2) is 39.1 Å². The van der Waals surface area contributed by atoms with Gasteiger partial charge < -0.3 is 20.6 Å². The summed E-state index contributed by atoms with van der Waals surface area (Å²) in [7, 11) is 0. The number of para-hydroxylation sites is 1. The number of hydrogen-bond donors (Lipinski definition) is 5. The number of halogens is 3. The van der Waals surface area contributed by atoms with Crippen LogP contribution >= 0.6 is 0 Å². The Labute approximate surface area is 231 Å². The fraction of sp³-hybridized carbons (Fsp3) is 0.100. The van der Waals surface area contributed by atoms with Crippen LogP contribution in [0, 0.1) is 0 Å². The first-order chi connectivity index (χ1) is 19.4. The summed E-state index contributed by atoms with van der Waals surface area (Å²) in [6.07, 6.45) is -4.83. The molecule has 0 spiro atoms. The molecule has 0 aliphatic carbocycles. The van der Waals surface area contributed by atoms with Crippen LogP contribution < -0.4 is 10.7 Å². The first kappa shape index (κ1) is 27.4. The minimum absolute atomic E-state index is 0.0424. The normalized spacial score (nSPS) is 15.2. The zero-order valence-corrected chi connectivity index (χ0v) is 21.3. The van der Waals surface area contributed by atoms with Gasteiger partial charge in [0.15, 0.2) is 11.3 Å². The third-order valence-corrected chi connectivity index (χ3v) is 6.82. The van der Waals surface area contributed by atoms with E-state index in [4.69, 9.17) is 0 Å². The van der Waals surface area contributed by atoms with Crippen LogP contribution in [0.3, 0.4) is 0 Å². The van der Waals surface area contributed by atoms with Gasteiger partial charge >= 0.3 is 12.1 Å². The number of rotatable bonds is 6. The predicted octanol–water partition coefficient (Wildman–Crippen LogP) is 5.96. The molecule has 1 unspecified atom stereocenters. The van der Waals surface area contributed by atoms with E-state index in [9.17, 15) is 38.1 Å². The SMILES string of the molecule is CC(O)(c1ccc(-c2ccc3c(c2)NC(=O)C3=NNc2cccc(-c3cccc(C(=O)O)c3)c2O)cc1)C(F)(F)F. The predicted molar refractivity (Wildman–Crippen MR) is 147 cm³/mol. The fourth-order valence-corrected chi connectivity index (χ4v) is 4.40. The number of hydrogen-bond acceptors (Lipinski definition) is 6. The number of nitrogens with one attached hydrogen (secondary N) is 2. The third-order valence-electron chi connectivity index (χ3n) is 6.82. The lowest BCUT2D eigenvalue weighted by Crippen LogP contribution is -2.39. The molecule has 4 aromatic rings. The zero-order chi connectivity index (χ0) is 29.5. The maximum absolute atomic E-state index is 13.2. The van der Waals surface area contributed by atoms with Crippen molar-refractivity contribution in [2.45, 2.75) is 18.7 Å². The highest BCUT2D eigenvalue weighted by atomic mass is 19.4. The second-order valence-corrected chi connectivity index (χ2v) is 9.52. The van der Waals surface area contributed by atoms with Gasteiger partial charge in [-0.05, 0) is 59.5 Å². The van der Waals surface area contributed by atoms with Crippen LogP contribution in [0.25, 0.3) is 22.3 Å². The number of phenolic OH excluding ortho intramolecular Hbond substituents is 1. The van der Waals surface area contributed by atoms with Crippen molar-refractivity contribution in [1.29, 1.82) is 0 Å². The monoisotopic (exact) mass is 561 g/mol. The van der Waals surface area contributed by atoms with Gasteiger partial charge in [0, 0.05) is 11.1 Å². The molecule has 5 N–H and O–H groups in total. The molecule has 0 radical (unpaired) electrons. The average Bonchev–Trinajstić information content (AvgIpc) is 3.26. The summed E-state index contributed by atoms with van der Waals surface area (Å²) in [6, 6.07) is 21.1. The molecule has 1 amide bonds. The number of nitrogens with zero attached hydrogens (tertiary/aromatic N) is 1. The first-order valence-electron chi connectivity index (χ1n) is 12.2. The van der Waals surface area contributed by atoms with Gasteiger partial charge in [0.1, 0.15) is 5.75 Å². The van der Waals surface area contributed by atoms with Crippen LogP contribution in [0.4, 0.5) is 24.5 Å². The van der Waals surface area contributed by atoms with Crippen molar-refractivity contribution in [3.8, 4) is 28.0 Å². The van der Waals surface area contributed by atoms with E-state index < -0.39 is 23.7 Å². The van der Waals surface area contributed by atoms with Crippen molar-refractivity contribution in [1.82, 2.24) is 0 Å². The fourth-order valence-electron chi connectivity index (χ4n) is 4.40. The highest BCUT2D eigenvalue weighted by Gasteiger charge is 2.51. The summed E-state index contributed by atoms with van der Waals surface area (Å²) in [6.45, 7) is 0.689. The van der Waals surface area contributed by atoms with E-state index in [1.54, 1.807) is 48.5 Å². The van der Waals surface area contributed by atoms with Gasteiger partial charge in [-0.25, -0.2) is 4.79 Å².